The number of nitriles is 1. The number of hydrogen-bond donors (Lipinski definition) is 1. The van der Waals surface area contributed by atoms with Gasteiger partial charge in [0.25, 0.3) is 0 Å². The molecule has 22 heavy (non-hydrogen) atoms. The van der Waals surface area contributed by atoms with Crippen LogP contribution in [-0.4, -0.2) is 11.2 Å². The lowest BCUT2D eigenvalue weighted by atomic mass is 10.1. The van der Waals surface area contributed by atoms with Gasteiger partial charge in [0.1, 0.15) is 6.10 Å². The predicted octanol–water partition coefficient (Wildman–Crippen LogP) is 5.75. The maximum absolute atomic E-state index is 9.58. The average molecular weight is 306 g/mol. The molecule has 0 aliphatic carbocycles. The van der Waals surface area contributed by atoms with Gasteiger partial charge in [0.2, 0.25) is 0 Å². The van der Waals surface area contributed by atoms with E-state index >= 15 is 0 Å². The van der Waals surface area contributed by atoms with E-state index in [9.17, 15) is 5.11 Å². The van der Waals surface area contributed by atoms with E-state index in [1.807, 2.05) is 0 Å². The van der Waals surface area contributed by atoms with Crippen LogP contribution >= 0.6 is 0 Å². The highest BCUT2D eigenvalue weighted by Gasteiger charge is 1.96. The van der Waals surface area contributed by atoms with E-state index in [1.165, 1.54) is 57.8 Å². The molecule has 2 heteroatoms. The molecule has 0 aromatic rings. The summed E-state index contributed by atoms with van der Waals surface area (Å²) < 4.78 is 0. The summed E-state index contributed by atoms with van der Waals surface area (Å²) in [5, 5.41) is 18.0. The Bertz CT molecular complexity index is 321. The number of rotatable bonds is 14. The van der Waals surface area contributed by atoms with Gasteiger partial charge in [-0.1, -0.05) is 77.1 Å². The Balaban J connectivity index is 3.17. The molecule has 0 rings (SSSR count). The molecule has 0 bridgehead atoms. The summed E-state index contributed by atoms with van der Waals surface area (Å²) >= 11 is 0. The van der Waals surface area contributed by atoms with Crippen molar-refractivity contribution in [2.24, 2.45) is 0 Å². The molecule has 2 nitrogen and oxygen atoms in total. The van der Waals surface area contributed by atoms with Crippen molar-refractivity contribution in [3.05, 3.63) is 0 Å². The molecule has 0 aliphatic heterocycles. The van der Waals surface area contributed by atoms with Crippen molar-refractivity contribution in [2.45, 2.75) is 109 Å². The summed E-state index contributed by atoms with van der Waals surface area (Å²) in [6, 6.07) is 2.20. The Morgan fingerprint density at radius 3 is 1.77 bits per heavy atom. The van der Waals surface area contributed by atoms with Gasteiger partial charge in [-0.25, -0.2) is 0 Å². The monoisotopic (exact) mass is 305 g/mol. The van der Waals surface area contributed by atoms with Crippen molar-refractivity contribution in [3.63, 3.8) is 0 Å². The van der Waals surface area contributed by atoms with Crippen LogP contribution in [0.15, 0.2) is 0 Å². The van der Waals surface area contributed by atoms with E-state index in [0.29, 0.717) is 0 Å². The molecule has 0 radical (unpaired) electrons. The van der Waals surface area contributed by atoms with Crippen LogP contribution in [0.5, 0.6) is 0 Å². The Hall–Kier alpha value is -0.990. The van der Waals surface area contributed by atoms with Gasteiger partial charge in [-0.05, 0) is 19.3 Å². The van der Waals surface area contributed by atoms with Gasteiger partial charge >= 0.3 is 0 Å². The topological polar surface area (TPSA) is 44.0 Å². The summed E-state index contributed by atoms with van der Waals surface area (Å²) in [7, 11) is 0. The minimum absolute atomic E-state index is 0.409. The number of aliphatic hydroxyl groups is 1. The summed E-state index contributed by atoms with van der Waals surface area (Å²) in [5.41, 5.74) is 0. The standard InChI is InChI=1S/C20H35NO/c1-2-3-17-20(22)18-15-13-11-9-7-5-4-6-8-10-12-14-16-19-21/h20,22H,2-14,16-17H2,1H3. The zero-order valence-corrected chi connectivity index (χ0v) is 14.6. The molecule has 126 valence electrons. The minimum Gasteiger partial charge on any atom is -0.380 e. The van der Waals surface area contributed by atoms with Gasteiger partial charge < -0.3 is 5.11 Å². The molecular formula is C20H35NO. The molecule has 0 aromatic carbocycles. The van der Waals surface area contributed by atoms with E-state index in [4.69, 9.17) is 5.26 Å². The van der Waals surface area contributed by atoms with Gasteiger partial charge in [0.15, 0.2) is 0 Å². The fourth-order valence-corrected chi connectivity index (χ4v) is 2.49. The van der Waals surface area contributed by atoms with E-state index in [2.05, 4.69) is 24.8 Å². The van der Waals surface area contributed by atoms with Gasteiger partial charge in [-0.3, -0.25) is 0 Å². The number of hydrogen-bond acceptors (Lipinski definition) is 2. The van der Waals surface area contributed by atoms with E-state index in [-0.39, 0.29) is 0 Å². The van der Waals surface area contributed by atoms with E-state index in [1.54, 1.807) is 0 Å². The third-order valence-corrected chi connectivity index (χ3v) is 3.94. The fraction of sp³-hybridized carbons (Fsp3) is 0.850. The first-order valence-corrected chi connectivity index (χ1v) is 9.34. The molecule has 0 saturated heterocycles. The SMILES string of the molecule is CCCCC(O)C#CCCCCCCCCCCCCC#N. The summed E-state index contributed by atoms with van der Waals surface area (Å²) in [4.78, 5) is 0. The van der Waals surface area contributed by atoms with Gasteiger partial charge in [-0.15, -0.1) is 5.92 Å². The lowest BCUT2D eigenvalue weighted by Gasteiger charge is -2.01. The molecule has 0 amide bonds. The maximum Gasteiger partial charge on any atom is 0.114 e. The number of aliphatic hydroxyl groups excluding tert-OH is 1. The Morgan fingerprint density at radius 1 is 0.773 bits per heavy atom. The quantitative estimate of drug-likeness (QED) is 0.328. The van der Waals surface area contributed by atoms with Crippen LogP contribution in [0.3, 0.4) is 0 Å². The normalized spacial score (nSPS) is 11.5. The average Bonchev–Trinajstić information content (AvgIpc) is 2.53. The molecule has 0 saturated carbocycles. The highest BCUT2D eigenvalue weighted by atomic mass is 16.3. The van der Waals surface area contributed by atoms with E-state index in [0.717, 1.165) is 38.5 Å². The van der Waals surface area contributed by atoms with Crippen molar-refractivity contribution < 1.29 is 5.11 Å². The van der Waals surface area contributed by atoms with Crippen molar-refractivity contribution in [3.8, 4) is 17.9 Å². The lowest BCUT2D eigenvalue weighted by Crippen LogP contribution is -2.01. The number of nitrogens with zero attached hydrogens (tertiary/aromatic N) is 1. The fourth-order valence-electron chi connectivity index (χ4n) is 2.49. The van der Waals surface area contributed by atoms with Crippen LogP contribution in [0.4, 0.5) is 0 Å². The first-order valence-electron chi connectivity index (χ1n) is 9.34. The zero-order chi connectivity index (χ0) is 16.3. The first kappa shape index (κ1) is 21.0. The Labute approximate surface area is 138 Å². The summed E-state index contributed by atoms with van der Waals surface area (Å²) in [6.07, 6.45) is 16.9. The number of unbranched alkanes of at least 4 members (excludes halogenated alkanes) is 12. The van der Waals surface area contributed by atoms with Crippen LogP contribution in [-0.2, 0) is 0 Å². The largest absolute Gasteiger partial charge is 0.380 e. The molecule has 0 spiro atoms. The molecule has 0 heterocycles. The molecule has 0 aromatic heterocycles. The molecule has 1 unspecified atom stereocenters. The van der Waals surface area contributed by atoms with E-state index < -0.39 is 6.10 Å². The van der Waals surface area contributed by atoms with Crippen LogP contribution in [0.25, 0.3) is 0 Å². The highest BCUT2D eigenvalue weighted by molar-refractivity contribution is 5.04. The molecule has 0 fully saturated rings. The molecule has 0 aliphatic rings. The minimum atomic E-state index is -0.409. The highest BCUT2D eigenvalue weighted by Crippen LogP contribution is 2.11. The summed E-state index contributed by atoms with van der Waals surface area (Å²) in [5.74, 6) is 6.05. The van der Waals surface area contributed by atoms with Crippen molar-refractivity contribution >= 4 is 0 Å². The molecule has 1 atom stereocenters. The van der Waals surface area contributed by atoms with Crippen molar-refractivity contribution in [2.75, 3.05) is 0 Å². The predicted molar refractivity (Wildman–Crippen MR) is 94.3 cm³/mol. The van der Waals surface area contributed by atoms with Gasteiger partial charge in [0.05, 0.1) is 6.07 Å². The van der Waals surface area contributed by atoms with Crippen LogP contribution < -0.4 is 0 Å². The second-order valence-corrected chi connectivity index (χ2v) is 6.17. The lowest BCUT2D eigenvalue weighted by molar-refractivity contribution is 0.218. The molecular weight excluding hydrogens is 270 g/mol. The van der Waals surface area contributed by atoms with Gasteiger partial charge in [-0.2, -0.15) is 5.26 Å². The van der Waals surface area contributed by atoms with Crippen LogP contribution in [0, 0.1) is 23.2 Å². The zero-order valence-electron chi connectivity index (χ0n) is 14.6. The van der Waals surface area contributed by atoms with Crippen LogP contribution in [0.2, 0.25) is 0 Å². The third kappa shape index (κ3) is 17.1. The third-order valence-electron chi connectivity index (χ3n) is 3.94. The Morgan fingerprint density at radius 2 is 1.27 bits per heavy atom. The molecule has 1 N–H and O–H groups in total. The second kappa shape index (κ2) is 18.1. The summed E-state index contributed by atoms with van der Waals surface area (Å²) in [6.45, 7) is 2.13. The second-order valence-electron chi connectivity index (χ2n) is 6.17. The van der Waals surface area contributed by atoms with Gasteiger partial charge in [0, 0.05) is 12.8 Å². The first-order chi connectivity index (χ1) is 10.8. The van der Waals surface area contributed by atoms with Crippen LogP contribution in [0.1, 0.15) is 103 Å². The Kier molecular flexibility index (Phi) is 17.2. The smallest absolute Gasteiger partial charge is 0.114 e. The maximum atomic E-state index is 9.58. The van der Waals surface area contributed by atoms with Crippen molar-refractivity contribution in [1.82, 2.24) is 0 Å². The van der Waals surface area contributed by atoms with Crippen molar-refractivity contribution in [1.29, 1.82) is 5.26 Å².